The largest absolute Gasteiger partial charge is 0.310 e. The number of rotatable bonds is 3. The fraction of sp³-hybridized carbons (Fsp3) is 0.176. The van der Waals surface area contributed by atoms with Crippen molar-refractivity contribution in [3.05, 3.63) is 47.0 Å². The molecule has 1 aliphatic carbocycles. The standard InChI is InChI=1S/C17H11ClFN5O/c18-12-3-1-2-10(6-20)15(12)24-8-11-14(23-24)13(19)7-21-16(11)22-17(25)9-4-5-9/h1-3,7-9H,4-5H2,(H,21,22,25). The fourth-order valence-corrected chi connectivity index (χ4v) is 2.85. The highest BCUT2D eigenvalue weighted by atomic mass is 35.5. The van der Waals surface area contributed by atoms with Gasteiger partial charge in [0.05, 0.1) is 22.2 Å². The molecule has 2 aromatic heterocycles. The van der Waals surface area contributed by atoms with Crippen LogP contribution in [0.1, 0.15) is 18.4 Å². The van der Waals surface area contributed by atoms with Gasteiger partial charge in [-0.25, -0.2) is 14.1 Å². The van der Waals surface area contributed by atoms with E-state index >= 15 is 0 Å². The van der Waals surface area contributed by atoms with Crippen LogP contribution in [0.15, 0.2) is 30.6 Å². The van der Waals surface area contributed by atoms with E-state index in [4.69, 9.17) is 11.6 Å². The smallest absolute Gasteiger partial charge is 0.228 e. The number of pyridine rings is 1. The molecule has 1 fully saturated rings. The lowest BCUT2D eigenvalue weighted by molar-refractivity contribution is -0.117. The summed E-state index contributed by atoms with van der Waals surface area (Å²) in [5.74, 6) is -0.525. The summed E-state index contributed by atoms with van der Waals surface area (Å²) in [5, 5.41) is 16.8. The molecular weight excluding hydrogens is 345 g/mol. The molecule has 0 saturated heterocycles. The number of aromatic nitrogens is 3. The molecule has 1 amide bonds. The molecule has 4 rings (SSSR count). The first-order valence-corrected chi connectivity index (χ1v) is 8.00. The molecule has 0 radical (unpaired) electrons. The third-order valence-corrected chi connectivity index (χ3v) is 4.33. The Bertz CT molecular complexity index is 1050. The zero-order valence-electron chi connectivity index (χ0n) is 12.8. The van der Waals surface area contributed by atoms with Gasteiger partial charge in [-0.1, -0.05) is 17.7 Å². The lowest BCUT2D eigenvalue weighted by Crippen LogP contribution is -2.14. The Morgan fingerprint density at radius 3 is 2.96 bits per heavy atom. The van der Waals surface area contributed by atoms with Crippen molar-refractivity contribution in [2.24, 2.45) is 5.92 Å². The van der Waals surface area contributed by atoms with Crippen molar-refractivity contribution in [1.82, 2.24) is 14.8 Å². The summed E-state index contributed by atoms with van der Waals surface area (Å²) >= 11 is 6.19. The summed E-state index contributed by atoms with van der Waals surface area (Å²) in [6.45, 7) is 0. The first-order chi connectivity index (χ1) is 12.1. The molecule has 3 aromatic rings. The number of halogens is 2. The average molecular weight is 356 g/mol. The third-order valence-electron chi connectivity index (χ3n) is 4.03. The van der Waals surface area contributed by atoms with Gasteiger partial charge >= 0.3 is 0 Å². The van der Waals surface area contributed by atoms with Gasteiger partial charge in [0, 0.05) is 12.1 Å². The maximum Gasteiger partial charge on any atom is 0.228 e. The predicted molar refractivity (Wildman–Crippen MR) is 89.9 cm³/mol. The number of fused-ring (bicyclic) bond motifs is 1. The van der Waals surface area contributed by atoms with Gasteiger partial charge in [0.15, 0.2) is 5.82 Å². The van der Waals surface area contributed by atoms with Crippen LogP contribution in [-0.4, -0.2) is 20.7 Å². The zero-order chi connectivity index (χ0) is 17.6. The molecule has 124 valence electrons. The number of nitriles is 1. The lowest BCUT2D eigenvalue weighted by Gasteiger charge is -2.05. The summed E-state index contributed by atoms with van der Waals surface area (Å²) in [5.41, 5.74) is 0.698. The van der Waals surface area contributed by atoms with E-state index in [0.29, 0.717) is 21.7 Å². The molecule has 1 N–H and O–H groups in total. The summed E-state index contributed by atoms with van der Waals surface area (Å²) in [7, 11) is 0. The van der Waals surface area contributed by atoms with Gasteiger partial charge in [-0.3, -0.25) is 4.79 Å². The number of nitrogens with zero attached hydrogens (tertiary/aromatic N) is 4. The molecule has 1 aromatic carbocycles. The van der Waals surface area contributed by atoms with Crippen LogP contribution in [0.2, 0.25) is 5.02 Å². The Kier molecular flexibility index (Phi) is 3.62. The molecule has 0 aliphatic heterocycles. The molecule has 2 heterocycles. The van der Waals surface area contributed by atoms with E-state index in [2.05, 4.69) is 15.4 Å². The van der Waals surface area contributed by atoms with E-state index in [1.54, 1.807) is 18.2 Å². The summed E-state index contributed by atoms with van der Waals surface area (Å²) in [4.78, 5) is 16.0. The van der Waals surface area contributed by atoms with Crippen LogP contribution in [0, 0.1) is 23.1 Å². The fourth-order valence-electron chi connectivity index (χ4n) is 2.59. The number of benzene rings is 1. The van der Waals surface area contributed by atoms with Gasteiger partial charge < -0.3 is 5.32 Å². The summed E-state index contributed by atoms with van der Waals surface area (Å²) in [6, 6.07) is 6.90. The molecule has 0 unspecified atom stereocenters. The molecule has 0 atom stereocenters. The number of para-hydroxylation sites is 1. The normalized spacial score (nSPS) is 13.6. The lowest BCUT2D eigenvalue weighted by atomic mass is 10.2. The highest BCUT2D eigenvalue weighted by Gasteiger charge is 2.30. The summed E-state index contributed by atoms with van der Waals surface area (Å²) < 4.78 is 15.5. The minimum atomic E-state index is -0.622. The van der Waals surface area contributed by atoms with Crippen molar-refractivity contribution >= 4 is 34.2 Å². The molecule has 25 heavy (non-hydrogen) atoms. The van der Waals surface area contributed by atoms with E-state index in [0.717, 1.165) is 19.0 Å². The van der Waals surface area contributed by atoms with E-state index in [9.17, 15) is 14.4 Å². The van der Waals surface area contributed by atoms with Gasteiger partial charge in [-0.15, -0.1) is 0 Å². The van der Waals surface area contributed by atoms with E-state index in [1.165, 1.54) is 10.9 Å². The molecule has 0 spiro atoms. The topological polar surface area (TPSA) is 83.6 Å². The Morgan fingerprint density at radius 2 is 2.24 bits per heavy atom. The highest BCUT2D eigenvalue weighted by Crippen LogP contribution is 2.32. The van der Waals surface area contributed by atoms with Gasteiger partial charge in [0.1, 0.15) is 23.1 Å². The van der Waals surface area contributed by atoms with Crippen molar-refractivity contribution in [2.45, 2.75) is 12.8 Å². The van der Waals surface area contributed by atoms with Crippen LogP contribution < -0.4 is 5.32 Å². The molecule has 6 nitrogen and oxygen atoms in total. The van der Waals surface area contributed by atoms with Gasteiger partial charge in [-0.05, 0) is 25.0 Å². The number of hydrogen-bond acceptors (Lipinski definition) is 4. The molecule has 1 saturated carbocycles. The Labute approximate surface area is 146 Å². The number of nitrogens with one attached hydrogen (secondary N) is 1. The van der Waals surface area contributed by atoms with E-state index in [1.807, 2.05) is 6.07 Å². The monoisotopic (exact) mass is 355 g/mol. The Balaban J connectivity index is 1.87. The number of carbonyl (C=O) groups excluding carboxylic acids is 1. The van der Waals surface area contributed by atoms with Gasteiger partial charge in [0.25, 0.3) is 0 Å². The number of hydrogen-bond donors (Lipinski definition) is 1. The maximum atomic E-state index is 14.1. The molecule has 0 bridgehead atoms. The average Bonchev–Trinajstić information content (AvgIpc) is 3.36. The van der Waals surface area contributed by atoms with E-state index in [-0.39, 0.29) is 23.2 Å². The minimum absolute atomic E-state index is 0.00860. The minimum Gasteiger partial charge on any atom is -0.310 e. The maximum absolute atomic E-state index is 14.1. The number of anilines is 1. The van der Waals surface area contributed by atoms with Crippen molar-refractivity contribution in [3.63, 3.8) is 0 Å². The van der Waals surface area contributed by atoms with Crippen LogP contribution in [0.4, 0.5) is 10.2 Å². The highest BCUT2D eigenvalue weighted by molar-refractivity contribution is 6.32. The second-order valence-electron chi connectivity index (χ2n) is 5.80. The predicted octanol–water partition coefficient (Wildman–Crippen LogP) is 3.43. The van der Waals surface area contributed by atoms with Crippen LogP contribution in [-0.2, 0) is 4.79 Å². The number of amides is 1. The van der Waals surface area contributed by atoms with Crippen molar-refractivity contribution in [2.75, 3.05) is 5.32 Å². The zero-order valence-corrected chi connectivity index (χ0v) is 13.6. The first kappa shape index (κ1) is 15.5. The van der Waals surface area contributed by atoms with Crippen molar-refractivity contribution in [3.8, 4) is 11.8 Å². The summed E-state index contributed by atoms with van der Waals surface area (Å²) in [6.07, 6.45) is 4.22. The SMILES string of the molecule is N#Cc1cccc(Cl)c1-n1cc2c(NC(=O)C3CC3)ncc(F)c2n1. The second-order valence-corrected chi connectivity index (χ2v) is 6.21. The quantitative estimate of drug-likeness (QED) is 0.780. The van der Waals surface area contributed by atoms with Crippen LogP contribution in [0.5, 0.6) is 0 Å². The third kappa shape index (κ3) is 2.71. The van der Waals surface area contributed by atoms with E-state index < -0.39 is 5.82 Å². The molecule has 8 heteroatoms. The van der Waals surface area contributed by atoms with Crippen LogP contribution in [0.3, 0.4) is 0 Å². The molecule has 1 aliphatic rings. The Hall–Kier alpha value is -2.98. The second kappa shape index (κ2) is 5.83. The van der Waals surface area contributed by atoms with Crippen LogP contribution in [0.25, 0.3) is 16.6 Å². The molecular formula is C17H11ClFN5O. The number of carbonyl (C=O) groups is 1. The first-order valence-electron chi connectivity index (χ1n) is 7.62. The van der Waals surface area contributed by atoms with Crippen LogP contribution >= 0.6 is 11.6 Å². The van der Waals surface area contributed by atoms with Gasteiger partial charge in [-0.2, -0.15) is 10.4 Å². The van der Waals surface area contributed by atoms with Crippen molar-refractivity contribution in [1.29, 1.82) is 5.26 Å². The van der Waals surface area contributed by atoms with Gasteiger partial charge in [0.2, 0.25) is 5.91 Å². The Morgan fingerprint density at radius 1 is 1.44 bits per heavy atom. The van der Waals surface area contributed by atoms with Crippen molar-refractivity contribution < 1.29 is 9.18 Å².